The lowest BCUT2D eigenvalue weighted by molar-refractivity contribution is 0.607. The minimum absolute atomic E-state index is 0.121. The first kappa shape index (κ1) is 16.3. The lowest BCUT2D eigenvalue weighted by atomic mass is 10.1. The number of hydrogen-bond acceptors (Lipinski definition) is 2. The third-order valence-electron chi connectivity index (χ3n) is 3.62. The third-order valence-corrected chi connectivity index (χ3v) is 5.72. The number of benzene rings is 2. The SMILES string of the molecule is Cc1cc(NS(=O)(=O)C2=CCc3cc(Cl)ccc32)c(F)cc1Cl. The molecule has 1 aliphatic carbocycles. The Morgan fingerprint density at radius 2 is 1.91 bits per heavy atom. The fourth-order valence-corrected chi connectivity index (χ4v) is 4.17. The molecule has 1 N–H and O–H groups in total. The molecular formula is C16H12Cl2FNO2S. The number of nitrogens with one attached hydrogen (secondary N) is 1. The van der Waals surface area contributed by atoms with Gasteiger partial charge in [-0.3, -0.25) is 4.72 Å². The summed E-state index contributed by atoms with van der Waals surface area (Å²) >= 11 is 11.7. The van der Waals surface area contributed by atoms with Crippen LogP contribution < -0.4 is 4.72 Å². The highest BCUT2D eigenvalue weighted by molar-refractivity contribution is 8.01. The number of fused-ring (bicyclic) bond motifs is 1. The van der Waals surface area contributed by atoms with Gasteiger partial charge in [0.25, 0.3) is 10.0 Å². The number of allylic oxidation sites excluding steroid dienone is 1. The van der Waals surface area contributed by atoms with Crippen molar-refractivity contribution in [2.24, 2.45) is 0 Å². The maximum absolute atomic E-state index is 13.9. The van der Waals surface area contributed by atoms with Crippen LogP contribution in [0.4, 0.5) is 10.1 Å². The predicted molar refractivity (Wildman–Crippen MR) is 91.8 cm³/mol. The van der Waals surface area contributed by atoms with E-state index in [1.54, 1.807) is 31.2 Å². The molecule has 0 saturated heterocycles. The van der Waals surface area contributed by atoms with Gasteiger partial charge in [-0.25, -0.2) is 12.8 Å². The zero-order valence-electron chi connectivity index (χ0n) is 12.0. The standard InChI is InChI=1S/C16H12Cl2FNO2S/c1-9-6-15(14(19)8-13(9)18)20-23(21,22)16-5-2-10-7-11(17)3-4-12(10)16/h3-8,20H,2H2,1H3. The summed E-state index contributed by atoms with van der Waals surface area (Å²) in [7, 11) is -3.91. The van der Waals surface area contributed by atoms with E-state index in [4.69, 9.17) is 23.2 Å². The van der Waals surface area contributed by atoms with Gasteiger partial charge in [0.05, 0.1) is 10.6 Å². The van der Waals surface area contributed by atoms with E-state index in [1.165, 1.54) is 6.07 Å². The summed E-state index contributed by atoms with van der Waals surface area (Å²) in [6.45, 7) is 1.67. The number of halogens is 3. The first-order valence-corrected chi connectivity index (χ1v) is 8.99. The number of hydrogen-bond donors (Lipinski definition) is 1. The maximum Gasteiger partial charge on any atom is 0.262 e. The molecular weight excluding hydrogens is 360 g/mol. The summed E-state index contributed by atoms with van der Waals surface area (Å²) < 4.78 is 41.4. The Morgan fingerprint density at radius 3 is 2.65 bits per heavy atom. The molecule has 0 spiro atoms. The fourth-order valence-electron chi connectivity index (χ4n) is 2.47. The van der Waals surface area contributed by atoms with E-state index in [-0.39, 0.29) is 15.6 Å². The van der Waals surface area contributed by atoms with Gasteiger partial charge in [0.2, 0.25) is 0 Å². The van der Waals surface area contributed by atoms with Gasteiger partial charge in [-0.15, -0.1) is 0 Å². The Hall–Kier alpha value is -1.56. The van der Waals surface area contributed by atoms with E-state index in [1.807, 2.05) is 0 Å². The van der Waals surface area contributed by atoms with Gasteiger partial charge in [-0.05, 0) is 54.3 Å². The second-order valence-corrected chi connectivity index (χ2v) is 7.76. The summed E-state index contributed by atoms with van der Waals surface area (Å²) in [4.78, 5) is 0.121. The molecule has 2 aromatic carbocycles. The lowest BCUT2D eigenvalue weighted by Gasteiger charge is -2.12. The topological polar surface area (TPSA) is 46.2 Å². The summed E-state index contributed by atoms with van der Waals surface area (Å²) in [5, 5.41) is 0.786. The molecule has 23 heavy (non-hydrogen) atoms. The summed E-state index contributed by atoms with van der Waals surface area (Å²) in [6.07, 6.45) is 2.05. The smallest absolute Gasteiger partial charge is 0.262 e. The zero-order valence-corrected chi connectivity index (χ0v) is 14.4. The average molecular weight is 372 g/mol. The fraction of sp³-hybridized carbons (Fsp3) is 0.125. The molecule has 7 heteroatoms. The predicted octanol–water partition coefficient (Wildman–Crippen LogP) is 4.78. The van der Waals surface area contributed by atoms with Crippen LogP contribution in [0.3, 0.4) is 0 Å². The largest absolute Gasteiger partial charge is 0.277 e. The van der Waals surface area contributed by atoms with Crippen LogP contribution >= 0.6 is 23.2 Å². The van der Waals surface area contributed by atoms with Gasteiger partial charge in [-0.1, -0.05) is 35.3 Å². The number of anilines is 1. The van der Waals surface area contributed by atoms with Crippen molar-refractivity contribution in [3.8, 4) is 0 Å². The summed E-state index contributed by atoms with van der Waals surface area (Å²) in [6, 6.07) is 7.46. The second-order valence-electron chi connectivity index (χ2n) is 5.26. The monoisotopic (exact) mass is 371 g/mol. The Balaban J connectivity index is 1.98. The molecule has 0 fully saturated rings. The Labute approximate surface area is 143 Å². The molecule has 0 atom stereocenters. The summed E-state index contributed by atoms with van der Waals surface area (Å²) in [5.41, 5.74) is 1.85. The van der Waals surface area contributed by atoms with E-state index in [0.29, 0.717) is 22.6 Å². The number of aryl methyl sites for hydroxylation is 1. The van der Waals surface area contributed by atoms with Gasteiger partial charge in [-0.2, -0.15) is 0 Å². The van der Waals surface area contributed by atoms with Crippen LogP contribution in [0, 0.1) is 12.7 Å². The number of sulfonamides is 1. The van der Waals surface area contributed by atoms with Crippen molar-refractivity contribution >= 4 is 43.8 Å². The normalized spacial score (nSPS) is 13.7. The Bertz CT molecular complexity index is 939. The molecule has 0 heterocycles. The van der Waals surface area contributed by atoms with Crippen molar-refractivity contribution in [2.45, 2.75) is 13.3 Å². The van der Waals surface area contributed by atoms with Crippen molar-refractivity contribution < 1.29 is 12.8 Å². The van der Waals surface area contributed by atoms with Crippen molar-refractivity contribution in [3.63, 3.8) is 0 Å². The Morgan fingerprint density at radius 1 is 1.17 bits per heavy atom. The second kappa shape index (κ2) is 5.82. The molecule has 3 rings (SSSR count). The molecule has 0 aromatic heterocycles. The molecule has 1 aliphatic rings. The van der Waals surface area contributed by atoms with Crippen molar-refractivity contribution in [3.05, 3.63) is 69.0 Å². The van der Waals surface area contributed by atoms with E-state index >= 15 is 0 Å². The van der Waals surface area contributed by atoms with E-state index in [2.05, 4.69) is 4.72 Å². The quantitative estimate of drug-likeness (QED) is 0.843. The van der Waals surface area contributed by atoms with Crippen LogP contribution in [-0.2, 0) is 16.4 Å². The molecule has 0 aliphatic heterocycles. The Kier molecular flexibility index (Phi) is 4.12. The van der Waals surface area contributed by atoms with Crippen LogP contribution in [-0.4, -0.2) is 8.42 Å². The van der Waals surface area contributed by atoms with Crippen LogP contribution in [0.1, 0.15) is 16.7 Å². The molecule has 2 aromatic rings. The first-order chi connectivity index (χ1) is 10.8. The molecule has 120 valence electrons. The molecule has 0 radical (unpaired) electrons. The molecule has 0 saturated carbocycles. The van der Waals surface area contributed by atoms with Gasteiger partial charge in [0.1, 0.15) is 5.82 Å². The highest BCUT2D eigenvalue weighted by atomic mass is 35.5. The molecule has 3 nitrogen and oxygen atoms in total. The van der Waals surface area contributed by atoms with Crippen molar-refractivity contribution in [1.29, 1.82) is 0 Å². The molecule has 0 bridgehead atoms. The maximum atomic E-state index is 13.9. The molecule has 0 unspecified atom stereocenters. The van der Waals surface area contributed by atoms with Gasteiger partial charge in [0, 0.05) is 10.0 Å². The lowest BCUT2D eigenvalue weighted by Crippen LogP contribution is -2.15. The molecule has 0 amide bonds. The highest BCUT2D eigenvalue weighted by Gasteiger charge is 2.26. The van der Waals surface area contributed by atoms with Gasteiger partial charge < -0.3 is 0 Å². The van der Waals surface area contributed by atoms with Crippen LogP contribution in [0.5, 0.6) is 0 Å². The van der Waals surface area contributed by atoms with Crippen molar-refractivity contribution in [2.75, 3.05) is 4.72 Å². The van der Waals surface area contributed by atoms with Gasteiger partial charge in [0.15, 0.2) is 0 Å². The van der Waals surface area contributed by atoms with Gasteiger partial charge >= 0.3 is 0 Å². The minimum Gasteiger partial charge on any atom is -0.277 e. The van der Waals surface area contributed by atoms with E-state index in [9.17, 15) is 12.8 Å². The summed E-state index contributed by atoms with van der Waals surface area (Å²) in [5.74, 6) is -0.723. The minimum atomic E-state index is -3.91. The van der Waals surface area contributed by atoms with Crippen LogP contribution in [0.25, 0.3) is 4.91 Å². The average Bonchev–Trinajstić information content (AvgIpc) is 2.88. The van der Waals surface area contributed by atoms with Crippen LogP contribution in [0.2, 0.25) is 10.0 Å². The van der Waals surface area contributed by atoms with E-state index < -0.39 is 15.8 Å². The zero-order chi connectivity index (χ0) is 16.8. The van der Waals surface area contributed by atoms with Crippen molar-refractivity contribution in [1.82, 2.24) is 0 Å². The third kappa shape index (κ3) is 3.09. The highest BCUT2D eigenvalue weighted by Crippen LogP contribution is 2.34. The number of rotatable bonds is 3. The van der Waals surface area contributed by atoms with E-state index in [0.717, 1.165) is 11.6 Å². The van der Waals surface area contributed by atoms with Crippen LogP contribution in [0.15, 0.2) is 36.4 Å². The first-order valence-electron chi connectivity index (χ1n) is 6.75.